The van der Waals surface area contributed by atoms with Crippen LogP contribution in [0.4, 0.5) is 5.82 Å². The van der Waals surface area contributed by atoms with Gasteiger partial charge in [0.2, 0.25) is 11.6 Å². The molecule has 0 saturated heterocycles. The van der Waals surface area contributed by atoms with Crippen molar-refractivity contribution in [3.63, 3.8) is 0 Å². The number of nitrogens with one attached hydrogen (secondary N) is 1. The van der Waals surface area contributed by atoms with Crippen LogP contribution < -0.4 is 20.6 Å². The van der Waals surface area contributed by atoms with Crippen LogP contribution in [0.5, 0.6) is 11.5 Å². The first-order valence-corrected chi connectivity index (χ1v) is 12.7. The zero-order valence-corrected chi connectivity index (χ0v) is 22.5. The average molecular weight is 591 g/mol. The van der Waals surface area contributed by atoms with Gasteiger partial charge in [-0.3, -0.25) is 4.79 Å². The average Bonchev–Trinajstić information content (AvgIpc) is 3.53. The van der Waals surface area contributed by atoms with E-state index < -0.39 is 5.91 Å². The molecule has 0 atom stereocenters. The molecule has 0 spiro atoms. The number of anilines is 1. The number of carbonyl (C=O) groups excluding carboxylic acids is 1. The van der Waals surface area contributed by atoms with Crippen molar-refractivity contribution in [1.82, 2.24) is 30.7 Å². The van der Waals surface area contributed by atoms with Gasteiger partial charge in [-0.25, -0.2) is 10.1 Å². The van der Waals surface area contributed by atoms with Gasteiger partial charge in [0.1, 0.15) is 6.61 Å². The van der Waals surface area contributed by atoms with Gasteiger partial charge in [0.05, 0.1) is 23.0 Å². The topological polar surface area (TPSA) is 156 Å². The van der Waals surface area contributed by atoms with Crippen LogP contribution >= 0.6 is 15.9 Å². The molecule has 13 heteroatoms. The van der Waals surface area contributed by atoms with Crippen LogP contribution in [0.3, 0.4) is 0 Å². The third kappa shape index (κ3) is 5.43. The quantitative estimate of drug-likeness (QED) is 0.190. The molecular weight excluding hydrogens is 568 g/mol. The molecule has 0 saturated carbocycles. The molecule has 1 amide bonds. The number of benzene rings is 3. The highest BCUT2D eigenvalue weighted by Gasteiger charge is 2.23. The second-order valence-electron chi connectivity index (χ2n) is 8.30. The smallest absolute Gasteiger partial charge is 0.292 e. The lowest BCUT2D eigenvalue weighted by Crippen LogP contribution is -2.22. The van der Waals surface area contributed by atoms with Crippen LogP contribution in [0.25, 0.3) is 16.6 Å². The number of rotatable bonds is 9. The van der Waals surface area contributed by atoms with Crippen LogP contribution in [0.15, 0.2) is 68.8 Å². The lowest BCUT2D eigenvalue weighted by atomic mass is 10.1. The molecule has 12 nitrogen and oxygen atoms in total. The number of nitrogens with two attached hydrogens (primary N) is 1. The number of hydrogen-bond donors (Lipinski definition) is 2. The van der Waals surface area contributed by atoms with Crippen molar-refractivity contribution in [2.75, 3.05) is 12.3 Å². The first kappa shape index (κ1) is 25.9. The number of nitrogen functional groups attached to an aromatic ring is 1. The maximum Gasteiger partial charge on any atom is 0.292 e. The van der Waals surface area contributed by atoms with Gasteiger partial charge in [-0.1, -0.05) is 47.7 Å². The number of carbonyl (C=O) groups is 1. The van der Waals surface area contributed by atoms with Crippen LogP contribution in [0.1, 0.15) is 34.2 Å². The monoisotopic (exact) mass is 590 g/mol. The van der Waals surface area contributed by atoms with Crippen LogP contribution in [0, 0.1) is 6.92 Å². The highest BCUT2D eigenvalue weighted by molar-refractivity contribution is 9.10. The Morgan fingerprint density at radius 1 is 1.18 bits per heavy atom. The molecule has 0 radical (unpaired) electrons. The van der Waals surface area contributed by atoms with E-state index in [0.717, 1.165) is 21.0 Å². The number of aryl methyl sites for hydroxylation is 1. The van der Waals surface area contributed by atoms with Crippen molar-refractivity contribution in [3.05, 3.63) is 81.6 Å². The minimum atomic E-state index is -0.574. The fourth-order valence-electron chi connectivity index (χ4n) is 3.96. The number of hydrogen-bond acceptors (Lipinski definition) is 10. The molecule has 2 heterocycles. The maximum absolute atomic E-state index is 12.8. The molecule has 0 unspecified atom stereocenters. The van der Waals surface area contributed by atoms with Gasteiger partial charge in [0, 0.05) is 0 Å². The van der Waals surface area contributed by atoms with Gasteiger partial charge in [-0.15, -0.1) is 5.10 Å². The van der Waals surface area contributed by atoms with Gasteiger partial charge in [-0.2, -0.15) is 9.78 Å². The standard InChI is InChI=1S/C26H23BrN8O4/c1-3-37-21-12-16(11-20(27)23(21)38-14-18-9-6-8-17-7-4-5-10-19(17)18)13-29-31-26(36)22-15(2)30-34-35(22)25-24(28)32-39-33-25/h4-13H,3,14H2,1-2H3,(H2,28,32)(H,31,36)/b29-13+. The summed E-state index contributed by atoms with van der Waals surface area (Å²) in [5, 5.41) is 21.3. The number of nitrogens with zero attached hydrogens (tertiary/aromatic N) is 6. The lowest BCUT2D eigenvalue weighted by Gasteiger charge is -2.15. The second kappa shape index (κ2) is 11.3. The van der Waals surface area contributed by atoms with E-state index in [1.54, 1.807) is 13.0 Å². The van der Waals surface area contributed by atoms with Gasteiger partial charge in [0.25, 0.3) is 5.91 Å². The molecule has 0 aliphatic heterocycles. The SMILES string of the molecule is CCOc1cc(/C=N/NC(=O)c2c(C)nnn2-c2nonc2N)cc(Br)c1OCc1cccc2ccccc12. The fraction of sp³-hybridized carbons (Fsp3) is 0.154. The Morgan fingerprint density at radius 3 is 2.79 bits per heavy atom. The van der Waals surface area contributed by atoms with Gasteiger partial charge >= 0.3 is 0 Å². The van der Waals surface area contributed by atoms with E-state index in [2.05, 4.69) is 69.9 Å². The number of fused-ring (bicyclic) bond motifs is 1. The molecule has 2 aromatic heterocycles. The second-order valence-corrected chi connectivity index (χ2v) is 9.15. The summed E-state index contributed by atoms with van der Waals surface area (Å²) in [4.78, 5) is 12.8. The molecular formula is C26H23BrN8O4. The number of halogens is 1. The molecule has 5 rings (SSSR count). The summed E-state index contributed by atoms with van der Waals surface area (Å²) in [5.74, 6) is 0.542. The number of ether oxygens (including phenoxy) is 2. The largest absolute Gasteiger partial charge is 0.490 e. The lowest BCUT2D eigenvalue weighted by molar-refractivity contribution is 0.0946. The minimum absolute atomic E-state index is 0.0338. The third-order valence-corrected chi connectivity index (χ3v) is 6.30. The molecule has 0 fully saturated rings. The Bertz CT molecular complexity index is 1670. The predicted molar refractivity (Wildman–Crippen MR) is 147 cm³/mol. The minimum Gasteiger partial charge on any atom is -0.490 e. The van der Waals surface area contributed by atoms with E-state index in [0.29, 0.717) is 40.4 Å². The van der Waals surface area contributed by atoms with E-state index in [1.165, 1.54) is 6.21 Å². The van der Waals surface area contributed by atoms with Gasteiger partial charge in [0.15, 0.2) is 17.2 Å². The van der Waals surface area contributed by atoms with Crippen molar-refractivity contribution in [2.45, 2.75) is 20.5 Å². The Labute approximate surface area is 230 Å². The fourth-order valence-corrected chi connectivity index (χ4v) is 4.53. The zero-order chi connectivity index (χ0) is 27.4. The first-order chi connectivity index (χ1) is 19.0. The first-order valence-electron chi connectivity index (χ1n) is 11.9. The summed E-state index contributed by atoms with van der Waals surface area (Å²) in [6.07, 6.45) is 1.48. The van der Waals surface area contributed by atoms with E-state index in [4.69, 9.17) is 15.2 Å². The van der Waals surface area contributed by atoms with Crippen molar-refractivity contribution < 1.29 is 18.9 Å². The molecule has 5 aromatic rings. The van der Waals surface area contributed by atoms with Crippen molar-refractivity contribution >= 4 is 44.6 Å². The number of amides is 1. The summed E-state index contributed by atoms with van der Waals surface area (Å²) in [5.41, 5.74) is 10.3. The molecule has 0 aliphatic rings. The van der Waals surface area contributed by atoms with Gasteiger partial charge < -0.3 is 15.2 Å². The molecule has 39 heavy (non-hydrogen) atoms. The summed E-state index contributed by atoms with van der Waals surface area (Å²) in [6, 6.07) is 17.9. The number of aromatic nitrogens is 5. The molecule has 198 valence electrons. The van der Waals surface area contributed by atoms with Gasteiger partial charge in [-0.05, 0) is 74.1 Å². The molecule has 3 aromatic carbocycles. The van der Waals surface area contributed by atoms with E-state index in [-0.39, 0.29) is 17.3 Å². The number of hydrazone groups is 1. The normalized spacial score (nSPS) is 11.3. The maximum atomic E-state index is 12.8. The zero-order valence-electron chi connectivity index (χ0n) is 21.0. The van der Waals surface area contributed by atoms with Crippen molar-refractivity contribution in [3.8, 4) is 17.3 Å². The van der Waals surface area contributed by atoms with E-state index in [1.807, 2.05) is 37.3 Å². The highest BCUT2D eigenvalue weighted by atomic mass is 79.9. The van der Waals surface area contributed by atoms with Crippen molar-refractivity contribution in [1.29, 1.82) is 0 Å². The van der Waals surface area contributed by atoms with Crippen LogP contribution in [-0.2, 0) is 6.61 Å². The third-order valence-electron chi connectivity index (χ3n) is 5.71. The molecule has 0 bridgehead atoms. The van der Waals surface area contributed by atoms with E-state index in [9.17, 15) is 4.79 Å². The van der Waals surface area contributed by atoms with Crippen molar-refractivity contribution in [2.24, 2.45) is 5.10 Å². The van der Waals surface area contributed by atoms with Crippen LogP contribution in [-0.4, -0.2) is 44.0 Å². The summed E-state index contributed by atoms with van der Waals surface area (Å²) < 4.78 is 18.5. The molecule has 0 aliphatic carbocycles. The predicted octanol–water partition coefficient (Wildman–Crippen LogP) is 4.20. The Morgan fingerprint density at radius 2 is 2.00 bits per heavy atom. The Balaban J connectivity index is 1.33. The highest BCUT2D eigenvalue weighted by Crippen LogP contribution is 2.37. The Kier molecular flexibility index (Phi) is 7.50. The summed E-state index contributed by atoms with van der Waals surface area (Å²) in [6.45, 7) is 4.30. The summed E-state index contributed by atoms with van der Waals surface area (Å²) >= 11 is 3.58. The Hall–Kier alpha value is -4.78. The summed E-state index contributed by atoms with van der Waals surface area (Å²) in [7, 11) is 0. The van der Waals surface area contributed by atoms with E-state index >= 15 is 0 Å². The molecule has 3 N–H and O–H groups in total. The van der Waals surface area contributed by atoms with Crippen LogP contribution in [0.2, 0.25) is 0 Å².